The fraction of sp³-hybridized carbons (Fsp3) is 0.143. The molecule has 1 atom stereocenters. The molecule has 2 aromatic carbocycles. The van der Waals surface area contributed by atoms with Crippen LogP contribution in [0, 0.1) is 10.1 Å². The lowest BCUT2D eigenvalue weighted by Gasteiger charge is -2.20. The number of nitro benzene ring substituents is 1. The van der Waals surface area contributed by atoms with E-state index in [4.69, 9.17) is 11.6 Å². The first-order chi connectivity index (χ1) is 11.5. The molecule has 2 aromatic rings. The van der Waals surface area contributed by atoms with Gasteiger partial charge in [-0.2, -0.15) is 21.6 Å². The van der Waals surface area contributed by atoms with Gasteiger partial charge in [0.1, 0.15) is 0 Å². The summed E-state index contributed by atoms with van der Waals surface area (Å²) in [4.78, 5) is 9.33. The molecule has 0 fully saturated rings. The Morgan fingerprint density at radius 3 is 2.16 bits per heavy atom. The highest BCUT2D eigenvalue weighted by Crippen LogP contribution is 2.41. The second-order valence-electron chi connectivity index (χ2n) is 4.74. The van der Waals surface area contributed by atoms with Crippen LogP contribution in [0.3, 0.4) is 0 Å². The highest BCUT2D eigenvalue weighted by atomic mass is 35.5. The number of halogens is 4. The van der Waals surface area contributed by atoms with Crippen molar-refractivity contribution in [2.75, 3.05) is 0 Å². The molecule has 11 heteroatoms. The second kappa shape index (κ2) is 6.98. The molecule has 0 spiro atoms. The highest BCUT2D eigenvalue weighted by Gasteiger charge is 2.48. The van der Waals surface area contributed by atoms with E-state index in [1.165, 1.54) is 0 Å². The van der Waals surface area contributed by atoms with Crippen LogP contribution in [0.5, 0.6) is 0 Å². The van der Waals surface area contributed by atoms with Crippen LogP contribution < -0.4 is 0 Å². The SMILES string of the molecule is O=[N+]([O-])c1ccccc1C(OS(=O)(=O)c1ccc(Cl)cc1)C(F)(F)F. The predicted octanol–water partition coefficient (Wildman–Crippen LogP) is 4.26. The summed E-state index contributed by atoms with van der Waals surface area (Å²) in [5, 5.41) is 11.1. The molecule has 0 saturated heterocycles. The first-order valence-corrected chi connectivity index (χ1v) is 8.30. The summed E-state index contributed by atoms with van der Waals surface area (Å²) >= 11 is 5.60. The molecule has 134 valence electrons. The molecule has 1 unspecified atom stereocenters. The number of rotatable bonds is 5. The molecular weight excluding hydrogens is 387 g/mol. The molecule has 0 aliphatic heterocycles. The van der Waals surface area contributed by atoms with Crippen molar-refractivity contribution in [3.8, 4) is 0 Å². The van der Waals surface area contributed by atoms with Gasteiger partial charge >= 0.3 is 6.18 Å². The van der Waals surface area contributed by atoms with Crippen LogP contribution in [0.15, 0.2) is 53.4 Å². The fourth-order valence-electron chi connectivity index (χ4n) is 1.94. The van der Waals surface area contributed by atoms with E-state index in [0.717, 1.165) is 48.5 Å². The molecule has 6 nitrogen and oxygen atoms in total. The zero-order valence-electron chi connectivity index (χ0n) is 12.1. The second-order valence-corrected chi connectivity index (χ2v) is 6.75. The third kappa shape index (κ3) is 4.47. The lowest BCUT2D eigenvalue weighted by molar-refractivity contribution is -0.386. The van der Waals surface area contributed by atoms with Crippen molar-refractivity contribution in [1.29, 1.82) is 0 Å². The summed E-state index contributed by atoms with van der Waals surface area (Å²) in [7, 11) is -4.85. The molecule has 0 bridgehead atoms. The summed E-state index contributed by atoms with van der Waals surface area (Å²) in [6, 6.07) is 8.12. The summed E-state index contributed by atoms with van der Waals surface area (Å²) in [5.41, 5.74) is -1.83. The van der Waals surface area contributed by atoms with E-state index < -0.39 is 43.5 Å². The molecule has 0 N–H and O–H groups in total. The summed E-state index contributed by atoms with van der Waals surface area (Å²) in [5.74, 6) is 0. The molecule has 0 aromatic heterocycles. The van der Waals surface area contributed by atoms with Gasteiger partial charge in [-0.3, -0.25) is 10.1 Å². The number of para-hydroxylation sites is 1. The third-order valence-electron chi connectivity index (χ3n) is 3.04. The van der Waals surface area contributed by atoms with E-state index >= 15 is 0 Å². The molecule has 0 aliphatic rings. The Hall–Kier alpha value is -2.17. The maximum absolute atomic E-state index is 13.3. The minimum atomic E-state index is -5.20. The lowest BCUT2D eigenvalue weighted by Crippen LogP contribution is -2.27. The van der Waals surface area contributed by atoms with E-state index in [1.807, 2.05) is 0 Å². The van der Waals surface area contributed by atoms with Gasteiger partial charge < -0.3 is 0 Å². The molecule has 0 aliphatic carbocycles. The molecule has 2 rings (SSSR count). The van der Waals surface area contributed by atoms with Gasteiger partial charge in [0.25, 0.3) is 15.8 Å². The summed E-state index contributed by atoms with van der Waals surface area (Å²) < 4.78 is 68.5. The third-order valence-corrected chi connectivity index (χ3v) is 4.59. The maximum Gasteiger partial charge on any atom is 0.420 e. The van der Waals surface area contributed by atoms with Gasteiger partial charge in [-0.15, -0.1) is 0 Å². The molecule has 0 radical (unpaired) electrons. The van der Waals surface area contributed by atoms with E-state index in [-0.39, 0.29) is 5.02 Å². The Morgan fingerprint density at radius 2 is 1.64 bits per heavy atom. The van der Waals surface area contributed by atoms with Crippen molar-refractivity contribution < 1.29 is 30.7 Å². The number of hydrogen-bond donors (Lipinski definition) is 0. The Balaban J connectivity index is 2.50. The lowest BCUT2D eigenvalue weighted by atomic mass is 10.1. The van der Waals surface area contributed by atoms with Gasteiger partial charge in [0.15, 0.2) is 0 Å². The van der Waals surface area contributed by atoms with Crippen molar-refractivity contribution in [2.24, 2.45) is 0 Å². The number of alkyl halides is 3. The zero-order chi connectivity index (χ0) is 18.8. The van der Waals surface area contributed by atoms with Crippen LogP contribution in [-0.2, 0) is 14.3 Å². The number of nitrogens with zero attached hydrogens (tertiary/aromatic N) is 1. The van der Waals surface area contributed by atoms with E-state index in [9.17, 15) is 31.7 Å². The van der Waals surface area contributed by atoms with Crippen LogP contribution in [0.2, 0.25) is 5.02 Å². The molecule has 0 heterocycles. The van der Waals surface area contributed by atoms with Gasteiger partial charge in [0, 0.05) is 11.1 Å². The van der Waals surface area contributed by atoms with E-state index in [1.54, 1.807) is 0 Å². The topological polar surface area (TPSA) is 86.5 Å². The average Bonchev–Trinajstić information content (AvgIpc) is 2.52. The van der Waals surface area contributed by atoms with Crippen LogP contribution in [0.25, 0.3) is 0 Å². The number of benzene rings is 2. The molecular formula is C14H9ClF3NO5S. The Bertz CT molecular complexity index is 884. The van der Waals surface area contributed by atoms with Crippen molar-refractivity contribution in [2.45, 2.75) is 17.2 Å². The first kappa shape index (κ1) is 19.2. The zero-order valence-corrected chi connectivity index (χ0v) is 13.7. The van der Waals surface area contributed by atoms with Crippen molar-refractivity contribution in [3.63, 3.8) is 0 Å². The highest BCUT2D eigenvalue weighted by molar-refractivity contribution is 7.86. The van der Waals surface area contributed by atoms with Crippen molar-refractivity contribution >= 4 is 27.4 Å². The number of nitro groups is 1. The molecule has 0 saturated carbocycles. The average molecular weight is 396 g/mol. The Labute approximate surface area is 145 Å². The van der Waals surface area contributed by atoms with Crippen molar-refractivity contribution in [3.05, 3.63) is 69.2 Å². The standard InChI is InChI=1S/C14H9ClF3NO5S/c15-9-5-7-10(8-6-9)25(22,23)24-13(14(16,17)18)11-3-1-2-4-12(11)19(20)21/h1-8,13H. The predicted molar refractivity (Wildman–Crippen MR) is 81.6 cm³/mol. The van der Waals surface area contributed by atoms with Crippen molar-refractivity contribution in [1.82, 2.24) is 0 Å². The Kier molecular flexibility index (Phi) is 5.35. The summed E-state index contributed by atoms with van der Waals surface area (Å²) in [6.07, 6.45) is -8.24. The maximum atomic E-state index is 13.3. The minimum absolute atomic E-state index is 0.171. The van der Waals surface area contributed by atoms with Gasteiger partial charge in [0.2, 0.25) is 6.10 Å². The van der Waals surface area contributed by atoms with Gasteiger partial charge in [0.05, 0.1) is 15.4 Å². The minimum Gasteiger partial charge on any atom is -0.258 e. The van der Waals surface area contributed by atoms with E-state index in [0.29, 0.717) is 0 Å². The van der Waals surface area contributed by atoms with Crippen LogP contribution in [0.4, 0.5) is 18.9 Å². The van der Waals surface area contributed by atoms with Gasteiger partial charge in [-0.25, -0.2) is 4.18 Å². The quantitative estimate of drug-likeness (QED) is 0.429. The monoisotopic (exact) mass is 395 g/mol. The fourth-order valence-corrected chi connectivity index (χ4v) is 3.11. The van der Waals surface area contributed by atoms with Crippen LogP contribution in [-0.4, -0.2) is 19.5 Å². The summed E-state index contributed by atoms with van der Waals surface area (Å²) in [6.45, 7) is 0. The van der Waals surface area contributed by atoms with E-state index in [2.05, 4.69) is 4.18 Å². The first-order valence-electron chi connectivity index (χ1n) is 6.51. The Morgan fingerprint density at radius 1 is 1.08 bits per heavy atom. The normalized spacial score (nSPS) is 13.4. The molecule has 25 heavy (non-hydrogen) atoms. The molecule has 0 amide bonds. The number of hydrogen-bond acceptors (Lipinski definition) is 5. The largest absolute Gasteiger partial charge is 0.420 e. The smallest absolute Gasteiger partial charge is 0.258 e. The van der Waals surface area contributed by atoms with Crippen LogP contribution in [0.1, 0.15) is 11.7 Å². The van der Waals surface area contributed by atoms with Crippen LogP contribution >= 0.6 is 11.6 Å². The van der Waals surface area contributed by atoms with Gasteiger partial charge in [-0.1, -0.05) is 23.7 Å². The van der Waals surface area contributed by atoms with Gasteiger partial charge in [-0.05, 0) is 30.3 Å².